The summed E-state index contributed by atoms with van der Waals surface area (Å²) in [5, 5.41) is 8.37. The third-order valence-corrected chi connectivity index (χ3v) is 2.90. The van der Waals surface area contributed by atoms with Gasteiger partial charge in [-0.3, -0.25) is 9.59 Å². The molecule has 0 bridgehead atoms. The average Bonchev–Trinajstić information content (AvgIpc) is 3.01. The molecule has 2 rings (SSSR count). The van der Waals surface area contributed by atoms with E-state index >= 15 is 0 Å². The molecule has 0 fully saturated rings. The average molecular weight is 238 g/mol. The summed E-state index contributed by atoms with van der Waals surface area (Å²) < 4.78 is 4.56. The van der Waals surface area contributed by atoms with E-state index in [0.717, 1.165) is 25.7 Å². The summed E-state index contributed by atoms with van der Waals surface area (Å²) in [5.74, 6) is -0.778. The minimum Gasteiger partial charge on any atom is -0.481 e. The maximum atomic E-state index is 10.8. The molecule has 4 nitrogen and oxygen atoms in total. The van der Waals surface area contributed by atoms with Crippen molar-refractivity contribution in [2.45, 2.75) is 25.7 Å². The molecular formula is C13H18O4. The van der Waals surface area contributed by atoms with Gasteiger partial charge in [0.25, 0.3) is 0 Å². The smallest absolute Gasteiger partial charge is 0.309 e. The third kappa shape index (κ3) is 4.43. The number of carbonyl (C=O) groups is 2. The molecule has 17 heavy (non-hydrogen) atoms. The fraction of sp³-hybridized carbons (Fsp3) is 0.538. The van der Waals surface area contributed by atoms with Crippen LogP contribution in [0.2, 0.25) is 0 Å². The van der Waals surface area contributed by atoms with E-state index in [1.807, 2.05) is 24.3 Å². The summed E-state index contributed by atoms with van der Waals surface area (Å²) in [6.07, 6.45) is 11.0. The second-order valence-electron chi connectivity index (χ2n) is 4.14. The van der Waals surface area contributed by atoms with Crippen LogP contribution >= 0.6 is 0 Å². The van der Waals surface area contributed by atoms with Gasteiger partial charge in [0.05, 0.1) is 18.9 Å². The Morgan fingerprint density at radius 2 is 1.41 bits per heavy atom. The lowest BCUT2D eigenvalue weighted by atomic mass is 10.1. The van der Waals surface area contributed by atoms with Gasteiger partial charge in [-0.2, -0.15) is 0 Å². The number of carboxylic acids is 1. The number of carboxylic acid groups (broad SMARTS) is 1. The summed E-state index contributed by atoms with van der Waals surface area (Å²) >= 11 is 0. The van der Waals surface area contributed by atoms with E-state index in [0.29, 0.717) is 0 Å². The molecule has 0 unspecified atom stereocenters. The molecular weight excluding hydrogens is 220 g/mol. The van der Waals surface area contributed by atoms with Crippen molar-refractivity contribution < 1.29 is 19.4 Å². The van der Waals surface area contributed by atoms with Crippen molar-refractivity contribution in [2.24, 2.45) is 11.8 Å². The van der Waals surface area contributed by atoms with Crippen LogP contribution in [0.5, 0.6) is 0 Å². The lowest BCUT2D eigenvalue weighted by Crippen LogP contribution is -2.12. The highest BCUT2D eigenvalue weighted by molar-refractivity contribution is 5.73. The van der Waals surface area contributed by atoms with E-state index in [9.17, 15) is 9.59 Å². The maximum absolute atomic E-state index is 10.8. The molecule has 4 heteroatoms. The minimum absolute atomic E-state index is 0.0833. The van der Waals surface area contributed by atoms with Crippen LogP contribution in [0.15, 0.2) is 24.3 Å². The van der Waals surface area contributed by atoms with Crippen molar-refractivity contribution in [2.75, 3.05) is 7.11 Å². The Morgan fingerprint density at radius 1 is 1.00 bits per heavy atom. The van der Waals surface area contributed by atoms with Gasteiger partial charge in [0.2, 0.25) is 0 Å². The zero-order chi connectivity index (χ0) is 12.7. The Labute approximate surface area is 101 Å². The second-order valence-corrected chi connectivity index (χ2v) is 4.14. The Morgan fingerprint density at radius 3 is 1.71 bits per heavy atom. The molecule has 0 atom stereocenters. The van der Waals surface area contributed by atoms with Crippen molar-refractivity contribution in [1.29, 1.82) is 0 Å². The van der Waals surface area contributed by atoms with E-state index in [-0.39, 0.29) is 17.8 Å². The Bertz CT molecular complexity index is 314. The molecule has 0 aliphatic heterocycles. The van der Waals surface area contributed by atoms with Gasteiger partial charge in [0.15, 0.2) is 0 Å². The highest BCUT2D eigenvalue weighted by Crippen LogP contribution is 2.18. The number of ether oxygens (including phenoxy) is 1. The van der Waals surface area contributed by atoms with Gasteiger partial charge < -0.3 is 9.84 Å². The highest BCUT2D eigenvalue weighted by atomic mass is 16.5. The Hall–Kier alpha value is -1.58. The fourth-order valence-corrected chi connectivity index (χ4v) is 1.80. The van der Waals surface area contributed by atoms with Gasteiger partial charge >= 0.3 is 11.9 Å². The first-order valence-corrected chi connectivity index (χ1v) is 5.75. The summed E-state index contributed by atoms with van der Waals surface area (Å²) in [7, 11) is 1.43. The fourth-order valence-electron chi connectivity index (χ4n) is 1.80. The predicted molar refractivity (Wildman–Crippen MR) is 63.4 cm³/mol. The molecule has 0 saturated heterocycles. The number of aliphatic carboxylic acids is 1. The molecule has 94 valence electrons. The van der Waals surface area contributed by atoms with Crippen LogP contribution in [0, 0.1) is 11.8 Å². The summed E-state index contributed by atoms with van der Waals surface area (Å²) in [5.41, 5.74) is 0. The summed E-state index contributed by atoms with van der Waals surface area (Å²) in [6.45, 7) is 0. The third-order valence-electron chi connectivity index (χ3n) is 2.90. The van der Waals surface area contributed by atoms with Crippen LogP contribution in [-0.2, 0) is 14.3 Å². The van der Waals surface area contributed by atoms with Crippen LogP contribution in [0.25, 0.3) is 0 Å². The molecule has 0 radical (unpaired) electrons. The van der Waals surface area contributed by atoms with Crippen molar-refractivity contribution >= 4 is 11.9 Å². The quantitative estimate of drug-likeness (QED) is 0.591. The monoisotopic (exact) mass is 238 g/mol. The first-order valence-electron chi connectivity index (χ1n) is 5.75. The van der Waals surface area contributed by atoms with E-state index < -0.39 is 5.97 Å². The lowest BCUT2D eigenvalue weighted by molar-refractivity contribution is -0.145. The van der Waals surface area contributed by atoms with Crippen LogP contribution in [0.3, 0.4) is 0 Å². The first-order chi connectivity index (χ1) is 8.15. The second kappa shape index (κ2) is 6.89. The van der Waals surface area contributed by atoms with Gasteiger partial charge in [-0.25, -0.2) is 0 Å². The number of esters is 1. The van der Waals surface area contributed by atoms with Gasteiger partial charge in [-0.05, 0) is 25.7 Å². The molecule has 2 aliphatic rings. The van der Waals surface area contributed by atoms with Crippen LogP contribution in [0.4, 0.5) is 0 Å². The molecule has 0 aromatic rings. The summed E-state index contributed by atoms with van der Waals surface area (Å²) in [6, 6.07) is 0. The Kier molecular flexibility index (Phi) is 5.46. The van der Waals surface area contributed by atoms with Gasteiger partial charge in [0.1, 0.15) is 0 Å². The zero-order valence-corrected chi connectivity index (χ0v) is 9.96. The van der Waals surface area contributed by atoms with Crippen molar-refractivity contribution in [3.05, 3.63) is 24.3 Å². The minimum atomic E-state index is -0.671. The largest absolute Gasteiger partial charge is 0.481 e. The van der Waals surface area contributed by atoms with Crippen LogP contribution in [-0.4, -0.2) is 24.2 Å². The zero-order valence-electron chi connectivity index (χ0n) is 9.96. The van der Waals surface area contributed by atoms with Gasteiger partial charge in [-0.15, -0.1) is 0 Å². The number of rotatable bonds is 2. The molecule has 2 aliphatic carbocycles. The number of methoxy groups -OCH3 is 1. The topological polar surface area (TPSA) is 63.6 Å². The lowest BCUT2D eigenvalue weighted by Gasteiger charge is -2.03. The number of hydrogen-bond acceptors (Lipinski definition) is 3. The van der Waals surface area contributed by atoms with Crippen LogP contribution < -0.4 is 0 Å². The molecule has 0 heterocycles. The van der Waals surface area contributed by atoms with Crippen molar-refractivity contribution in [1.82, 2.24) is 0 Å². The molecule has 0 saturated carbocycles. The van der Waals surface area contributed by atoms with Gasteiger partial charge in [0, 0.05) is 0 Å². The number of allylic oxidation sites excluding steroid dienone is 4. The number of hydrogen-bond donors (Lipinski definition) is 1. The van der Waals surface area contributed by atoms with Crippen LogP contribution in [0.1, 0.15) is 25.7 Å². The molecule has 0 spiro atoms. The summed E-state index contributed by atoms with van der Waals surface area (Å²) in [4.78, 5) is 20.9. The molecule has 0 amide bonds. The normalized spacial score (nSPS) is 18.9. The van der Waals surface area contributed by atoms with Gasteiger partial charge in [-0.1, -0.05) is 24.3 Å². The molecule has 0 aromatic carbocycles. The first kappa shape index (κ1) is 13.5. The number of carbonyl (C=O) groups excluding carboxylic acids is 1. The molecule has 0 aromatic heterocycles. The SMILES string of the molecule is COC(=O)C1CC=CC1.O=C(O)C1CC=CC1. The standard InChI is InChI=1S/C7H10O2.C6H8O2/c1-9-7(8)6-4-2-3-5-6;7-6(8)5-3-1-2-4-5/h2-3,6H,4-5H2,1H3;1-2,5H,3-4H2,(H,7,8). The van der Waals surface area contributed by atoms with Crippen molar-refractivity contribution in [3.8, 4) is 0 Å². The van der Waals surface area contributed by atoms with E-state index in [1.54, 1.807) is 0 Å². The Balaban J connectivity index is 0.000000171. The van der Waals surface area contributed by atoms with Crippen molar-refractivity contribution in [3.63, 3.8) is 0 Å². The maximum Gasteiger partial charge on any atom is 0.309 e. The molecule has 1 N–H and O–H groups in total. The predicted octanol–water partition coefficient (Wildman–Crippen LogP) is 2.16. The van der Waals surface area contributed by atoms with E-state index in [1.165, 1.54) is 7.11 Å². The van der Waals surface area contributed by atoms with E-state index in [2.05, 4.69) is 4.74 Å². The highest BCUT2D eigenvalue weighted by Gasteiger charge is 2.18. The van der Waals surface area contributed by atoms with E-state index in [4.69, 9.17) is 5.11 Å².